The SMILES string of the molecule is CC(C)(C)OC=O.O=C1NCc2ccccc21. The lowest BCUT2D eigenvalue weighted by atomic mass is 10.1. The highest BCUT2D eigenvalue weighted by molar-refractivity contribution is 5.98. The Balaban J connectivity index is 0.000000185. The Morgan fingerprint density at radius 1 is 1.29 bits per heavy atom. The first-order chi connectivity index (χ1) is 7.94. The van der Waals surface area contributed by atoms with Gasteiger partial charge >= 0.3 is 0 Å². The van der Waals surface area contributed by atoms with Crippen LogP contribution in [0.1, 0.15) is 36.7 Å². The predicted octanol–water partition coefficient (Wildman–Crippen LogP) is 1.89. The topological polar surface area (TPSA) is 55.4 Å². The first-order valence-corrected chi connectivity index (χ1v) is 5.41. The van der Waals surface area contributed by atoms with Crippen LogP contribution in [0, 0.1) is 0 Å². The summed E-state index contributed by atoms with van der Waals surface area (Å²) in [6, 6.07) is 7.63. The molecule has 1 N–H and O–H groups in total. The molecule has 1 aromatic rings. The molecule has 1 amide bonds. The zero-order valence-electron chi connectivity index (χ0n) is 10.3. The summed E-state index contributed by atoms with van der Waals surface area (Å²) in [7, 11) is 0. The van der Waals surface area contributed by atoms with Gasteiger partial charge in [0, 0.05) is 12.1 Å². The van der Waals surface area contributed by atoms with E-state index in [0.29, 0.717) is 13.0 Å². The average molecular weight is 235 g/mol. The molecule has 0 unspecified atom stereocenters. The zero-order valence-corrected chi connectivity index (χ0v) is 10.3. The summed E-state index contributed by atoms with van der Waals surface area (Å²) in [4.78, 5) is 20.6. The number of amides is 1. The molecule has 17 heavy (non-hydrogen) atoms. The van der Waals surface area contributed by atoms with Crippen molar-refractivity contribution < 1.29 is 14.3 Å². The van der Waals surface area contributed by atoms with Crippen LogP contribution in [0.4, 0.5) is 0 Å². The van der Waals surface area contributed by atoms with Gasteiger partial charge in [0.2, 0.25) is 0 Å². The molecule has 0 bridgehead atoms. The molecule has 4 nitrogen and oxygen atoms in total. The lowest BCUT2D eigenvalue weighted by molar-refractivity contribution is -0.138. The van der Waals surface area contributed by atoms with E-state index in [2.05, 4.69) is 10.1 Å². The molecule has 0 aromatic heterocycles. The van der Waals surface area contributed by atoms with Crippen molar-refractivity contribution >= 4 is 12.4 Å². The minimum atomic E-state index is -0.318. The van der Waals surface area contributed by atoms with Gasteiger partial charge in [-0.3, -0.25) is 9.59 Å². The molecule has 0 atom stereocenters. The number of carbonyl (C=O) groups is 2. The number of carbonyl (C=O) groups excluding carboxylic acids is 2. The van der Waals surface area contributed by atoms with Crippen LogP contribution in [0.3, 0.4) is 0 Å². The van der Waals surface area contributed by atoms with Gasteiger partial charge in [-0.25, -0.2) is 0 Å². The van der Waals surface area contributed by atoms with Crippen LogP contribution in [0.25, 0.3) is 0 Å². The maximum atomic E-state index is 11.0. The van der Waals surface area contributed by atoms with Crippen LogP contribution in [-0.2, 0) is 16.1 Å². The molecule has 0 saturated carbocycles. The fourth-order valence-corrected chi connectivity index (χ4v) is 1.31. The van der Waals surface area contributed by atoms with Crippen molar-refractivity contribution in [1.82, 2.24) is 5.32 Å². The largest absolute Gasteiger partial charge is 0.462 e. The van der Waals surface area contributed by atoms with E-state index >= 15 is 0 Å². The summed E-state index contributed by atoms with van der Waals surface area (Å²) in [6.45, 7) is 6.61. The van der Waals surface area contributed by atoms with E-state index in [1.807, 2.05) is 45.0 Å². The van der Waals surface area contributed by atoms with Gasteiger partial charge in [-0.2, -0.15) is 0 Å². The van der Waals surface area contributed by atoms with E-state index in [9.17, 15) is 9.59 Å². The third-order valence-corrected chi connectivity index (χ3v) is 2.10. The minimum absolute atomic E-state index is 0.0515. The van der Waals surface area contributed by atoms with Crippen molar-refractivity contribution in [2.45, 2.75) is 32.9 Å². The van der Waals surface area contributed by atoms with Gasteiger partial charge in [0.05, 0.1) is 0 Å². The van der Waals surface area contributed by atoms with Gasteiger partial charge in [0.1, 0.15) is 5.60 Å². The van der Waals surface area contributed by atoms with Gasteiger partial charge < -0.3 is 10.1 Å². The van der Waals surface area contributed by atoms with E-state index in [4.69, 9.17) is 0 Å². The summed E-state index contributed by atoms with van der Waals surface area (Å²) in [5.74, 6) is 0.0515. The van der Waals surface area contributed by atoms with Crippen molar-refractivity contribution in [1.29, 1.82) is 0 Å². The minimum Gasteiger partial charge on any atom is -0.462 e. The second kappa shape index (κ2) is 5.48. The van der Waals surface area contributed by atoms with E-state index < -0.39 is 0 Å². The van der Waals surface area contributed by atoms with E-state index in [1.165, 1.54) is 0 Å². The maximum absolute atomic E-state index is 11.0. The Kier molecular flexibility index (Phi) is 4.26. The van der Waals surface area contributed by atoms with E-state index in [1.54, 1.807) is 0 Å². The fourth-order valence-electron chi connectivity index (χ4n) is 1.31. The number of nitrogens with one attached hydrogen (secondary N) is 1. The molecular weight excluding hydrogens is 218 g/mol. The van der Waals surface area contributed by atoms with Crippen LogP contribution < -0.4 is 5.32 Å². The van der Waals surface area contributed by atoms with Gasteiger partial charge in [0.15, 0.2) is 0 Å². The van der Waals surface area contributed by atoms with E-state index in [-0.39, 0.29) is 11.5 Å². The van der Waals surface area contributed by atoms with Gasteiger partial charge in [-0.1, -0.05) is 18.2 Å². The fraction of sp³-hybridized carbons (Fsp3) is 0.385. The van der Waals surface area contributed by atoms with Crippen LogP contribution in [0.5, 0.6) is 0 Å². The Morgan fingerprint density at radius 2 is 1.94 bits per heavy atom. The molecule has 92 valence electrons. The van der Waals surface area contributed by atoms with E-state index in [0.717, 1.165) is 11.1 Å². The van der Waals surface area contributed by atoms with Crippen LogP contribution in [-0.4, -0.2) is 18.0 Å². The van der Waals surface area contributed by atoms with Crippen LogP contribution in [0.15, 0.2) is 24.3 Å². The predicted molar refractivity (Wildman–Crippen MR) is 64.5 cm³/mol. The quantitative estimate of drug-likeness (QED) is 0.756. The van der Waals surface area contributed by atoms with Crippen LogP contribution >= 0.6 is 0 Å². The van der Waals surface area contributed by atoms with Gasteiger partial charge in [-0.15, -0.1) is 0 Å². The molecule has 1 aliphatic heterocycles. The molecule has 4 heteroatoms. The molecule has 1 aromatic carbocycles. The molecule has 0 radical (unpaired) electrons. The Hall–Kier alpha value is -1.84. The number of fused-ring (bicyclic) bond motifs is 1. The van der Waals surface area contributed by atoms with Crippen molar-refractivity contribution in [3.8, 4) is 0 Å². The standard InChI is InChI=1S/C8H7NO.C5H10O2/c10-8-7-4-2-1-3-6(7)5-9-8;1-5(2,3)7-4-6/h1-4H,5H2,(H,9,10);4H,1-3H3. The second-order valence-electron chi connectivity index (χ2n) is 4.67. The maximum Gasteiger partial charge on any atom is 0.293 e. The molecular formula is C13H17NO3. The summed E-state index contributed by atoms with van der Waals surface area (Å²) < 4.78 is 4.55. The number of hydrogen-bond acceptors (Lipinski definition) is 3. The molecule has 0 aliphatic carbocycles. The highest BCUT2D eigenvalue weighted by Gasteiger charge is 2.16. The lowest BCUT2D eigenvalue weighted by Crippen LogP contribution is -2.17. The smallest absolute Gasteiger partial charge is 0.293 e. The highest BCUT2D eigenvalue weighted by atomic mass is 16.5. The first kappa shape index (κ1) is 13.2. The summed E-state index contributed by atoms with van der Waals surface area (Å²) >= 11 is 0. The number of ether oxygens (including phenoxy) is 1. The summed E-state index contributed by atoms with van der Waals surface area (Å²) in [5.41, 5.74) is 1.61. The van der Waals surface area contributed by atoms with Crippen molar-refractivity contribution in [2.24, 2.45) is 0 Å². The average Bonchev–Trinajstić information content (AvgIpc) is 2.61. The Morgan fingerprint density at radius 3 is 2.41 bits per heavy atom. The van der Waals surface area contributed by atoms with Crippen molar-refractivity contribution in [2.75, 3.05) is 0 Å². The molecule has 2 rings (SSSR count). The number of benzene rings is 1. The molecule has 1 aliphatic rings. The molecule has 0 saturated heterocycles. The third-order valence-electron chi connectivity index (χ3n) is 2.10. The highest BCUT2D eigenvalue weighted by Crippen LogP contribution is 2.13. The monoisotopic (exact) mass is 235 g/mol. The second-order valence-corrected chi connectivity index (χ2v) is 4.67. The van der Waals surface area contributed by atoms with Gasteiger partial charge in [-0.05, 0) is 32.4 Å². The number of rotatable bonds is 1. The Labute approximate surface area is 101 Å². The third kappa shape index (κ3) is 4.26. The zero-order chi connectivity index (χ0) is 12.9. The summed E-state index contributed by atoms with van der Waals surface area (Å²) in [5, 5.41) is 2.75. The summed E-state index contributed by atoms with van der Waals surface area (Å²) in [6.07, 6.45) is 0. The molecule has 1 heterocycles. The number of hydrogen-bond donors (Lipinski definition) is 1. The normalized spacial score (nSPS) is 13.0. The van der Waals surface area contributed by atoms with Crippen molar-refractivity contribution in [3.05, 3.63) is 35.4 Å². The van der Waals surface area contributed by atoms with Gasteiger partial charge in [0.25, 0.3) is 12.4 Å². The van der Waals surface area contributed by atoms with Crippen LogP contribution in [0.2, 0.25) is 0 Å². The molecule has 0 fully saturated rings. The molecule has 0 spiro atoms. The lowest BCUT2D eigenvalue weighted by Gasteiger charge is -2.14. The van der Waals surface area contributed by atoms with Crippen molar-refractivity contribution in [3.63, 3.8) is 0 Å². The first-order valence-electron chi connectivity index (χ1n) is 5.41. The Bertz CT molecular complexity index is 407.